The molecular formula is C11H8F5NO3. The molecule has 20 heavy (non-hydrogen) atoms. The summed E-state index contributed by atoms with van der Waals surface area (Å²) in [6, 6.07) is 1.71. The lowest BCUT2D eigenvalue weighted by Gasteiger charge is -2.21. The molecule has 0 aliphatic heterocycles. The highest BCUT2D eigenvalue weighted by Crippen LogP contribution is 2.44. The van der Waals surface area contributed by atoms with Crippen LogP contribution < -0.4 is 5.32 Å². The lowest BCUT2D eigenvalue weighted by Crippen LogP contribution is -2.33. The number of nitrogens with one attached hydrogen (secondary N) is 1. The summed E-state index contributed by atoms with van der Waals surface area (Å²) in [6.07, 6.45) is -5.81. The van der Waals surface area contributed by atoms with Crippen molar-refractivity contribution in [1.29, 1.82) is 0 Å². The second kappa shape index (κ2) is 5.43. The Balaban J connectivity index is 3.36. The number of benzene rings is 1. The zero-order valence-electron chi connectivity index (χ0n) is 9.92. The molecule has 110 valence electrons. The molecule has 0 aliphatic carbocycles. The molecule has 0 spiro atoms. The molecule has 1 aromatic rings. The fourth-order valence-electron chi connectivity index (χ4n) is 1.40. The Bertz CT molecular complexity index is 527. The van der Waals surface area contributed by atoms with Gasteiger partial charge in [0.1, 0.15) is 0 Å². The molecule has 0 atom stereocenters. The van der Waals surface area contributed by atoms with Crippen molar-refractivity contribution in [3.63, 3.8) is 0 Å². The van der Waals surface area contributed by atoms with E-state index in [1.54, 1.807) is 0 Å². The van der Waals surface area contributed by atoms with E-state index in [0.717, 1.165) is 6.07 Å². The summed E-state index contributed by atoms with van der Waals surface area (Å²) in [4.78, 5) is 21.4. The minimum Gasteiger partial charge on any atom is -0.392 e. The molecule has 9 heteroatoms. The largest absolute Gasteiger partial charge is 0.458 e. The number of anilines is 1. The molecule has 1 aromatic carbocycles. The van der Waals surface area contributed by atoms with E-state index in [2.05, 4.69) is 10.1 Å². The van der Waals surface area contributed by atoms with E-state index >= 15 is 0 Å². The molecule has 0 unspecified atom stereocenters. The predicted octanol–water partition coefficient (Wildman–Crippen LogP) is 2.70. The molecular weight excluding hydrogens is 289 g/mol. The Labute approximate surface area is 109 Å². The first kappa shape index (κ1) is 15.9. The third-order valence-corrected chi connectivity index (χ3v) is 2.38. The third-order valence-electron chi connectivity index (χ3n) is 2.38. The summed E-state index contributed by atoms with van der Waals surface area (Å²) in [5.41, 5.74) is -2.10. The summed E-state index contributed by atoms with van der Waals surface area (Å²) >= 11 is 0. The van der Waals surface area contributed by atoms with Crippen molar-refractivity contribution in [2.75, 3.05) is 12.4 Å². The van der Waals surface area contributed by atoms with Crippen molar-refractivity contribution in [2.45, 2.75) is 12.1 Å². The fraction of sp³-hybridized carbons (Fsp3) is 0.273. The lowest BCUT2D eigenvalue weighted by atomic mass is 10.0. The van der Waals surface area contributed by atoms with Gasteiger partial charge in [-0.05, 0) is 12.1 Å². The number of hydrogen-bond donors (Lipinski definition) is 1. The molecule has 0 saturated heterocycles. The first-order valence-electron chi connectivity index (χ1n) is 5.06. The van der Waals surface area contributed by atoms with Gasteiger partial charge in [0.25, 0.3) is 0 Å². The Morgan fingerprint density at radius 2 is 1.85 bits per heavy atom. The SMILES string of the molecule is CNc1ccc(C(F)(F)C(F)(F)F)cc1C(=O)OC=O. The molecule has 0 fully saturated rings. The van der Waals surface area contributed by atoms with E-state index < -0.39 is 29.2 Å². The Morgan fingerprint density at radius 1 is 1.25 bits per heavy atom. The van der Waals surface area contributed by atoms with E-state index in [9.17, 15) is 31.5 Å². The zero-order valence-corrected chi connectivity index (χ0v) is 9.92. The van der Waals surface area contributed by atoms with E-state index in [1.165, 1.54) is 7.05 Å². The quantitative estimate of drug-likeness (QED) is 0.402. The average molecular weight is 297 g/mol. The maximum atomic E-state index is 13.2. The minimum atomic E-state index is -5.81. The summed E-state index contributed by atoms with van der Waals surface area (Å²) in [5, 5.41) is 2.41. The van der Waals surface area contributed by atoms with Crippen molar-refractivity contribution in [3.8, 4) is 0 Å². The van der Waals surface area contributed by atoms with Crippen LogP contribution in [0.25, 0.3) is 0 Å². The highest BCUT2D eigenvalue weighted by atomic mass is 19.4. The van der Waals surface area contributed by atoms with Crippen molar-refractivity contribution >= 4 is 18.1 Å². The van der Waals surface area contributed by atoms with Crippen molar-refractivity contribution < 1.29 is 36.3 Å². The Morgan fingerprint density at radius 3 is 2.30 bits per heavy atom. The van der Waals surface area contributed by atoms with Crippen LogP contribution >= 0.6 is 0 Å². The number of halogens is 5. The molecule has 1 rings (SSSR count). The normalized spacial score (nSPS) is 11.9. The lowest BCUT2D eigenvalue weighted by molar-refractivity contribution is -0.289. The van der Waals surface area contributed by atoms with Crippen molar-refractivity contribution in [1.82, 2.24) is 0 Å². The van der Waals surface area contributed by atoms with Crippen LogP contribution in [0.5, 0.6) is 0 Å². The van der Waals surface area contributed by atoms with Gasteiger partial charge >= 0.3 is 24.5 Å². The third kappa shape index (κ3) is 2.86. The van der Waals surface area contributed by atoms with E-state index in [-0.39, 0.29) is 12.2 Å². The van der Waals surface area contributed by atoms with Gasteiger partial charge in [-0.2, -0.15) is 22.0 Å². The molecule has 0 amide bonds. The molecule has 0 heterocycles. The molecule has 0 radical (unpaired) electrons. The van der Waals surface area contributed by atoms with Gasteiger partial charge in [0.05, 0.1) is 5.56 Å². The first-order valence-corrected chi connectivity index (χ1v) is 5.06. The number of alkyl halides is 5. The molecule has 4 nitrogen and oxygen atoms in total. The van der Waals surface area contributed by atoms with Crippen LogP contribution in [-0.2, 0) is 15.5 Å². The number of carbonyl (C=O) groups excluding carboxylic acids is 2. The van der Waals surface area contributed by atoms with Crippen LogP contribution in [0.15, 0.2) is 18.2 Å². The second-order valence-electron chi connectivity index (χ2n) is 3.58. The number of esters is 1. The number of rotatable bonds is 4. The first-order chi connectivity index (χ1) is 9.15. The highest BCUT2D eigenvalue weighted by Gasteiger charge is 2.58. The maximum Gasteiger partial charge on any atom is 0.458 e. The average Bonchev–Trinajstić information content (AvgIpc) is 2.36. The van der Waals surface area contributed by atoms with Gasteiger partial charge in [-0.1, -0.05) is 6.07 Å². The number of hydrogen-bond acceptors (Lipinski definition) is 4. The topological polar surface area (TPSA) is 55.4 Å². The van der Waals surface area contributed by atoms with Gasteiger partial charge in [0, 0.05) is 18.3 Å². The van der Waals surface area contributed by atoms with Crippen molar-refractivity contribution in [2.24, 2.45) is 0 Å². The van der Waals surface area contributed by atoms with E-state index in [0.29, 0.717) is 12.1 Å². The van der Waals surface area contributed by atoms with Crippen LogP contribution in [0.1, 0.15) is 15.9 Å². The van der Waals surface area contributed by atoms with Crippen LogP contribution in [0, 0.1) is 0 Å². The molecule has 1 N–H and O–H groups in total. The molecule has 0 bridgehead atoms. The van der Waals surface area contributed by atoms with Gasteiger partial charge in [-0.3, -0.25) is 4.79 Å². The molecule has 0 saturated carbocycles. The van der Waals surface area contributed by atoms with Gasteiger partial charge < -0.3 is 10.1 Å². The standard InChI is InChI=1S/C11H8F5NO3/c1-17-8-3-2-6(10(12,13)11(14,15)16)4-7(8)9(19)20-5-18/h2-5,17H,1H3. The number of ether oxygens (including phenoxy) is 1. The zero-order chi connectivity index (χ0) is 15.6. The summed E-state index contributed by atoms with van der Waals surface area (Å²) in [7, 11) is 1.31. The van der Waals surface area contributed by atoms with Gasteiger partial charge in [-0.15, -0.1) is 0 Å². The minimum absolute atomic E-state index is 0.0569. The van der Waals surface area contributed by atoms with Crippen LogP contribution in [-0.4, -0.2) is 25.7 Å². The highest BCUT2D eigenvalue weighted by molar-refractivity contribution is 5.98. The second-order valence-corrected chi connectivity index (χ2v) is 3.58. The van der Waals surface area contributed by atoms with Gasteiger partial charge in [-0.25, -0.2) is 4.79 Å². The van der Waals surface area contributed by atoms with Gasteiger partial charge in [0.2, 0.25) is 0 Å². The Hall–Kier alpha value is -2.19. The monoisotopic (exact) mass is 297 g/mol. The summed E-state index contributed by atoms with van der Waals surface area (Å²) in [5.74, 6) is -6.47. The summed E-state index contributed by atoms with van der Waals surface area (Å²) < 4.78 is 67.0. The number of carbonyl (C=O) groups is 2. The summed E-state index contributed by atoms with van der Waals surface area (Å²) in [6.45, 7) is -0.254. The van der Waals surface area contributed by atoms with Crippen LogP contribution in [0.3, 0.4) is 0 Å². The smallest absolute Gasteiger partial charge is 0.392 e. The van der Waals surface area contributed by atoms with E-state index in [1.807, 2.05) is 0 Å². The van der Waals surface area contributed by atoms with Crippen LogP contribution in [0.4, 0.5) is 27.6 Å². The fourth-order valence-corrected chi connectivity index (χ4v) is 1.40. The van der Waals surface area contributed by atoms with E-state index in [4.69, 9.17) is 0 Å². The Kier molecular flexibility index (Phi) is 4.31. The molecule has 0 aliphatic rings. The molecule has 0 aromatic heterocycles. The van der Waals surface area contributed by atoms with Gasteiger partial charge in [0.15, 0.2) is 0 Å². The van der Waals surface area contributed by atoms with Crippen molar-refractivity contribution in [3.05, 3.63) is 29.3 Å². The predicted molar refractivity (Wildman–Crippen MR) is 57.4 cm³/mol. The maximum absolute atomic E-state index is 13.2. The van der Waals surface area contributed by atoms with Crippen LogP contribution in [0.2, 0.25) is 0 Å².